The second-order valence-corrected chi connectivity index (χ2v) is 12.5. The molecule has 47 heavy (non-hydrogen) atoms. The molecular weight excluding hydrogens is 630 g/mol. The summed E-state index contributed by atoms with van der Waals surface area (Å²) in [6, 6.07) is 12.6. The Balaban J connectivity index is 1.83. The van der Waals surface area contributed by atoms with E-state index >= 15 is 0 Å². The van der Waals surface area contributed by atoms with Crippen LogP contribution < -0.4 is 0 Å². The van der Waals surface area contributed by atoms with E-state index < -0.39 is 69.7 Å². The first-order valence-electron chi connectivity index (χ1n) is 15.0. The summed E-state index contributed by atoms with van der Waals surface area (Å²) in [5.74, 6) is -4.07. The molecule has 2 bridgehead atoms. The third-order valence-corrected chi connectivity index (χ3v) is 9.87. The highest BCUT2D eigenvalue weighted by Gasteiger charge is 2.75. The van der Waals surface area contributed by atoms with Crippen molar-refractivity contribution in [3.63, 3.8) is 0 Å². The molecule has 3 aliphatic carbocycles. The van der Waals surface area contributed by atoms with E-state index in [1.807, 2.05) is 0 Å². The van der Waals surface area contributed by atoms with Crippen LogP contribution in [0.4, 0.5) is 26.3 Å². The van der Waals surface area contributed by atoms with Gasteiger partial charge in [0.05, 0.1) is 5.41 Å². The number of hydrogen-bond acceptors (Lipinski definition) is 6. The van der Waals surface area contributed by atoms with Crippen molar-refractivity contribution in [1.29, 1.82) is 0 Å². The maximum absolute atomic E-state index is 14.8. The van der Waals surface area contributed by atoms with Gasteiger partial charge in [0.2, 0.25) is 0 Å². The molecule has 0 unspecified atom stereocenters. The normalized spacial score (nSPS) is 25.8. The Hall–Kier alpha value is -3.64. The van der Waals surface area contributed by atoms with E-state index in [1.165, 1.54) is 36.4 Å². The van der Waals surface area contributed by atoms with Gasteiger partial charge in [0.1, 0.15) is 11.7 Å². The minimum Gasteiger partial charge on any atom is -0.459 e. The highest BCUT2D eigenvalue weighted by Crippen LogP contribution is 2.68. The number of esters is 2. The Morgan fingerprint density at radius 2 is 1.34 bits per heavy atom. The molecule has 0 heterocycles. The molecule has 0 N–H and O–H groups in total. The molecule has 0 radical (unpaired) electrons. The molecular formula is C35H38F6O6. The molecule has 0 spiro atoms. The summed E-state index contributed by atoms with van der Waals surface area (Å²) >= 11 is 0. The van der Waals surface area contributed by atoms with Crippen LogP contribution in [-0.2, 0) is 39.7 Å². The predicted molar refractivity (Wildman–Crippen MR) is 160 cm³/mol. The van der Waals surface area contributed by atoms with Gasteiger partial charge in [-0.3, -0.25) is 0 Å². The Kier molecular flexibility index (Phi) is 9.83. The maximum atomic E-state index is 14.8. The number of allylic oxidation sites excluding steroid dienone is 2. The van der Waals surface area contributed by atoms with Crippen LogP contribution in [0.3, 0.4) is 0 Å². The molecule has 3 saturated carbocycles. The van der Waals surface area contributed by atoms with Gasteiger partial charge >= 0.3 is 24.3 Å². The number of carbonyl (C=O) groups is 2. The van der Waals surface area contributed by atoms with Crippen molar-refractivity contribution in [2.45, 2.75) is 81.7 Å². The van der Waals surface area contributed by atoms with E-state index in [4.69, 9.17) is 18.9 Å². The standard InChI is InChI=1S/C35H38F6O6/c1-22(2)17-18-27(46-28(42)32(44-5,34(36,37)38)24-13-9-7-10-14-24)30(4)26-21-31(30,20-19-23(26)3)47-29(43)33(45-6,35(39,40)41)25-15-11-8-12-16-25/h7-17,26-27H,3,18-21H2,1-2,4-6H3/t26-,27+,30+,31+,32+,33+/m0/s1. The number of ether oxygens (including phenoxy) is 4. The Bertz CT molecular complexity index is 1500. The molecule has 0 amide bonds. The maximum Gasteiger partial charge on any atom is 0.432 e. The van der Waals surface area contributed by atoms with Crippen molar-refractivity contribution in [1.82, 2.24) is 0 Å². The fraction of sp³-hybridized carbons (Fsp3) is 0.486. The summed E-state index contributed by atoms with van der Waals surface area (Å²) in [5, 5.41) is 0. The van der Waals surface area contributed by atoms with Crippen molar-refractivity contribution in [3.05, 3.63) is 95.6 Å². The van der Waals surface area contributed by atoms with E-state index in [9.17, 15) is 35.9 Å². The van der Waals surface area contributed by atoms with Gasteiger partial charge in [0.25, 0.3) is 11.2 Å². The zero-order valence-electron chi connectivity index (χ0n) is 26.8. The molecule has 256 valence electrons. The molecule has 0 aromatic heterocycles. The number of methoxy groups -OCH3 is 2. The van der Waals surface area contributed by atoms with Crippen LogP contribution in [0.2, 0.25) is 0 Å². The third-order valence-electron chi connectivity index (χ3n) is 9.87. The Labute approximate surface area is 269 Å². The lowest BCUT2D eigenvalue weighted by atomic mass is 9.41. The molecule has 6 atom stereocenters. The van der Waals surface area contributed by atoms with E-state index in [2.05, 4.69) is 6.58 Å². The smallest absolute Gasteiger partial charge is 0.432 e. The minimum atomic E-state index is -5.27. The average Bonchev–Trinajstić information content (AvgIpc) is 3.00. The van der Waals surface area contributed by atoms with Gasteiger partial charge in [0, 0.05) is 31.8 Å². The minimum absolute atomic E-state index is 0.00668. The number of rotatable bonds is 11. The zero-order chi connectivity index (χ0) is 35.1. The van der Waals surface area contributed by atoms with Gasteiger partial charge in [-0.05, 0) is 39.0 Å². The highest BCUT2D eigenvalue weighted by atomic mass is 19.4. The van der Waals surface area contributed by atoms with Crippen molar-refractivity contribution < 1.29 is 54.9 Å². The van der Waals surface area contributed by atoms with Gasteiger partial charge in [-0.25, -0.2) is 9.59 Å². The second-order valence-electron chi connectivity index (χ2n) is 12.5. The molecule has 6 nitrogen and oxygen atoms in total. The SMILES string of the molecule is C=C1CC[C@@]2(OC(=O)[C@](OC)(c3ccccc3)C(F)(F)F)C[C@@H]1[C@]2(C)[C@@H](CC=C(C)C)OC(=O)[C@](OC)(c1ccccc1)C(F)(F)F. The van der Waals surface area contributed by atoms with Crippen molar-refractivity contribution in [3.8, 4) is 0 Å². The average molecular weight is 669 g/mol. The van der Waals surface area contributed by atoms with Crippen LogP contribution in [0.15, 0.2) is 84.5 Å². The lowest BCUT2D eigenvalue weighted by Crippen LogP contribution is -2.73. The Morgan fingerprint density at radius 3 is 1.74 bits per heavy atom. The summed E-state index contributed by atoms with van der Waals surface area (Å²) in [5.41, 5.74) is -9.85. The van der Waals surface area contributed by atoms with Crippen LogP contribution >= 0.6 is 0 Å². The summed E-state index contributed by atoms with van der Waals surface area (Å²) < 4.78 is 110. The Morgan fingerprint density at radius 1 is 0.872 bits per heavy atom. The van der Waals surface area contributed by atoms with E-state index in [0.29, 0.717) is 5.57 Å². The molecule has 12 heteroatoms. The lowest BCUT2D eigenvalue weighted by Gasteiger charge is -2.67. The van der Waals surface area contributed by atoms with Crippen LogP contribution in [0, 0.1) is 11.3 Å². The molecule has 2 aromatic rings. The largest absolute Gasteiger partial charge is 0.459 e. The molecule has 0 saturated heterocycles. The van der Waals surface area contributed by atoms with Gasteiger partial charge in [-0.1, -0.05) is 91.4 Å². The number of halogens is 6. The second kappa shape index (κ2) is 12.8. The van der Waals surface area contributed by atoms with Crippen molar-refractivity contribution in [2.75, 3.05) is 14.2 Å². The van der Waals surface area contributed by atoms with E-state index in [1.54, 1.807) is 26.8 Å². The van der Waals surface area contributed by atoms with Crippen LogP contribution in [0.1, 0.15) is 57.6 Å². The molecule has 0 aliphatic heterocycles. The number of alkyl halides is 6. The third kappa shape index (κ3) is 5.67. The summed E-state index contributed by atoms with van der Waals surface area (Å²) in [7, 11) is 1.48. The number of benzene rings is 2. The first-order chi connectivity index (χ1) is 21.9. The summed E-state index contributed by atoms with van der Waals surface area (Å²) in [6.45, 7) is 9.10. The van der Waals surface area contributed by atoms with E-state index in [-0.39, 0.29) is 25.7 Å². The molecule has 5 rings (SSSR count). The summed E-state index contributed by atoms with van der Waals surface area (Å²) in [4.78, 5) is 27.7. The number of carbonyl (C=O) groups excluding carboxylic acids is 2. The highest BCUT2D eigenvalue weighted by molar-refractivity contribution is 5.84. The topological polar surface area (TPSA) is 71.1 Å². The fourth-order valence-corrected chi connectivity index (χ4v) is 7.14. The first-order valence-corrected chi connectivity index (χ1v) is 15.0. The number of hydrogen-bond donors (Lipinski definition) is 0. The van der Waals surface area contributed by atoms with Gasteiger partial charge in [-0.15, -0.1) is 0 Å². The zero-order valence-corrected chi connectivity index (χ0v) is 26.8. The lowest BCUT2D eigenvalue weighted by molar-refractivity contribution is -0.312. The van der Waals surface area contributed by atoms with Gasteiger partial charge in [0.15, 0.2) is 0 Å². The first kappa shape index (κ1) is 36.2. The predicted octanol–water partition coefficient (Wildman–Crippen LogP) is 8.12. The van der Waals surface area contributed by atoms with Crippen LogP contribution in [0.25, 0.3) is 0 Å². The number of fused-ring (bicyclic) bond motifs is 2. The van der Waals surface area contributed by atoms with Gasteiger partial charge in [-0.2, -0.15) is 26.3 Å². The molecule has 3 aliphatic rings. The molecule has 2 aromatic carbocycles. The van der Waals surface area contributed by atoms with Crippen molar-refractivity contribution in [2.24, 2.45) is 11.3 Å². The fourth-order valence-electron chi connectivity index (χ4n) is 7.14. The van der Waals surface area contributed by atoms with E-state index in [0.717, 1.165) is 44.1 Å². The van der Waals surface area contributed by atoms with Crippen LogP contribution in [-0.4, -0.2) is 50.2 Å². The summed E-state index contributed by atoms with van der Waals surface area (Å²) in [6.07, 6.45) is -10.2. The van der Waals surface area contributed by atoms with Gasteiger partial charge < -0.3 is 18.9 Å². The van der Waals surface area contributed by atoms with Crippen LogP contribution in [0.5, 0.6) is 0 Å². The quantitative estimate of drug-likeness (QED) is 0.137. The molecule has 3 fully saturated rings. The van der Waals surface area contributed by atoms with Crippen molar-refractivity contribution >= 4 is 11.9 Å². The monoisotopic (exact) mass is 668 g/mol.